The highest BCUT2D eigenvalue weighted by atomic mass is 16.5. The van der Waals surface area contributed by atoms with E-state index in [-0.39, 0.29) is 5.97 Å². The largest absolute Gasteiger partial charge is 0.462 e. The van der Waals surface area contributed by atoms with E-state index in [1.165, 1.54) is 0 Å². The topological polar surface area (TPSA) is 64.6 Å². The summed E-state index contributed by atoms with van der Waals surface area (Å²) in [7, 11) is 1.82. The molecular formula is C26H33NO4. The molecule has 2 aromatic carbocycles. The van der Waals surface area contributed by atoms with Crippen molar-refractivity contribution in [1.82, 2.24) is 0 Å². The van der Waals surface area contributed by atoms with Crippen LogP contribution >= 0.6 is 0 Å². The van der Waals surface area contributed by atoms with Crippen LogP contribution in [0.2, 0.25) is 0 Å². The summed E-state index contributed by atoms with van der Waals surface area (Å²) in [6.07, 6.45) is 6.10. The Bertz CT molecular complexity index is 843. The molecule has 0 saturated heterocycles. The van der Waals surface area contributed by atoms with Gasteiger partial charge in [-0.15, -0.1) is 6.58 Å². The van der Waals surface area contributed by atoms with E-state index in [1.54, 1.807) is 36.4 Å². The van der Waals surface area contributed by atoms with E-state index in [4.69, 9.17) is 9.47 Å². The maximum absolute atomic E-state index is 12.3. The molecule has 0 spiro atoms. The van der Waals surface area contributed by atoms with Crippen LogP contribution < -0.4 is 10.1 Å². The average molecular weight is 424 g/mol. The van der Waals surface area contributed by atoms with Crippen molar-refractivity contribution in [3.05, 3.63) is 72.3 Å². The van der Waals surface area contributed by atoms with Crippen LogP contribution in [0.1, 0.15) is 60.2 Å². The number of allylic oxidation sites excluding steroid dienone is 1. The summed E-state index contributed by atoms with van der Waals surface area (Å²) >= 11 is 0. The van der Waals surface area contributed by atoms with Gasteiger partial charge in [-0.3, -0.25) is 0 Å². The van der Waals surface area contributed by atoms with Crippen molar-refractivity contribution in [2.75, 3.05) is 19.0 Å². The Labute approximate surface area is 185 Å². The fraction of sp³-hybridized carbons (Fsp3) is 0.385. The lowest BCUT2D eigenvalue weighted by atomic mass is 9.94. The molecule has 2 rings (SSSR count). The van der Waals surface area contributed by atoms with Crippen molar-refractivity contribution < 1.29 is 19.1 Å². The molecular weight excluding hydrogens is 390 g/mol. The Morgan fingerprint density at radius 1 is 0.903 bits per heavy atom. The number of esters is 2. The molecule has 31 heavy (non-hydrogen) atoms. The summed E-state index contributed by atoms with van der Waals surface area (Å²) in [6, 6.07) is 13.4. The molecule has 0 aliphatic heterocycles. The minimum absolute atomic E-state index is 0.372. The fourth-order valence-corrected chi connectivity index (χ4v) is 3.15. The third kappa shape index (κ3) is 8.28. The van der Waals surface area contributed by atoms with Gasteiger partial charge in [0.25, 0.3) is 0 Å². The molecule has 2 aromatic rings. The molecule has 2 atom stereocenters. The predicted molar refractivity (Wildman–Crippen MR) is 125 cm³/mol. The first kappa shape index (κ1) is 24.2. The van der Waals surface area contributed by atoms with Gasteiger partial charge >= 0.3 is 11.9 Å². The van der Waals surface area contributed by atoms with Crippen LogP contribution in [0.5, 0.6) is 5.75 Å². The molecule has 0 aliphatic rings. The maximum Gasteiger partial charge on any atom is 0.343 e. The molecule has 0 bridgehead atoms. The molecule has 166 valence electrons. The highest BCUT2D eigenvalue weighted by molar-refractivity contribution is 5.94. The highest BCUT2D eigenvalue weighted by Crippen LogP contribution is 2.19. The Balaban J connectivity index is 1.77. The molecule has 5 nitrogen and oxygen atoms in total. The van der Waals surface area contributed by atoms with E-state index in [0.29, 0.717) is 35.3 Å². The molecule has 5 heteroatoms. The van der Waals surface area contributed by atoms with Gasteiger partial charge in [0.2, 0.25) is 0 Å². The first-order valence-electron chi connectivity index (χ1n) is 10.8. The van der Waals surface area contributed by atoms with Crippen LogP contribution in [0.4, 0.5) is 5.69 Å². The summed E-state index contributed by atoms with van der Waals surface area (Å²) in [6.45, 7) is 8.58. The fourth-order valence-electron chi connectivity index (χ4n) is 3.15. The average Bonchev–Trinajstić information content (AvgIpc) is 2.78. The number of carbonyl (C=O) groups excluding carboxylic acids is 2. The third-order valence-corrected chi connectivity index (χ3v) is 5.27. The SMILES string of the molecule is C=CCC(C)CCC(C)CCOC(=O)c1ccc(C(=O)Oc2ccc(NC)cc2)cc1. The lowest BCUT2D eigenvalue weighted by molar-refractivity contribution is 0.0482. The van der Waals surface area contributed by atoms with Crippen molar-refractivity contribution in [2.24, 2.45) is 11.8 Å². The van der Waals surface area contributed by atoms with Gasteiger partial charge in [0, 0.05) is 12.7 Å². The van der Waals surface area contributed by atoms with Crippen molar-refractivity contribution in [3.63, 3.8) is 0 Å². The van der Waals surface area contributed by atoms with E-state index in [2.05, 4.69) is 25.7 Å². The van der Waals surface area contributed by atoms with Gasteiger partial charge in [-0.05, 0) is 73.2 Å². The second kappa shape index (κ2) is 12.6. The molecule has 2 unspecified atom stereocenters. The van der Waals surface area contributed by atoms with Crippen molar-refractivity contribution in [1.29, 1.82) is 0 Å². The van der Waals surface area contributed by atoms with Gasteiger partial charge in [-0.25, -0.2) is 9.59 Å². The number of anilines is 1. The number of benzene rings is 2. The van der Waals surface area contributed by atoms with E-state index >= 15 is 0 Å². The summed E-state index contributed by atoms with van der Waals surface area (Å²) < 4.78 is 10.8. The lowest BCUT2D eigenvalue weighted by Gasteiger charge is -2.14. The first-order chi connectivity index (χ1) is 14.9. The molecule has 0 saturated carbocycles. The monoisotopic (exact) mass is 423 g/mol. The molecule has 0 aliphatic carbocycles. The second-order valence-corrected chi connectivity index (χ2v) is 7.98. The van der Waals surface area contributed by atoms with E-state index in [0.717, 1.165) is 31.4 Å². The second-order valence-electron chi connectivity index (χ2n) is 7.98. The zero-order valence-electron chi connectivity index (χ0n) is 18.7. The quantitative estimate of drug-likeness (QED) is 0.253. The lowest BCUT2D eigenvalue weighted by Crippen LogP contribution is -2.11. The predicted octanol–water partition coefficient (Wildman–Crippen LogP) is 6.12. The van der Waals surface area contributed by atoms with Crippen LogP contribution in [0.3, 0.4) is 0 Å². The number of carbonyl (C=O) groups is 2. The molecule has 0 aromatic heterocycles. The summed E-state index contributed by atoms with van der Waals surface area (Å²) in [4.78, 5) is 24.5. The normalized spacial score (nSPS) is 12.5. The molecule has 1 N–H and O–H groups in total. The molecule has 0 amide bonds. The van der Waals surface area contributed by atoms with Crippen molar-refractivity contribution in [2.45, 2.75) is 39.5 Å². The van der Waals surface area contributed by atoms with Crippen molar-refractivity contribution >= 4 is 17.6 Å². The smallest absolute Gasteiger partial charge is 0.343 e. The van der Waals surface area contributed by atoms with Gasteiger partial charge < -0.3 is 14.8 Å². The summed E-state index contributed by atoms with van der Waals surface area (Å²) in [5.74, 6) is 0.742. The van der Waals surface area contributed by atoms with Gasteiger partial charge in [0.15, 0.2) is 0 Å². The molecule has 0 heterocycles. The summed E-state index contributed by atoms with van der Waals surface area (Å²) in [5.41, 5.74) is 1.72. The number of ether oxygens (including phenoxy) is 2. The Morgan fingerprint density at radius 3 is 2.06 bits per heavy atom. The van der Waals surface area contributed by atoms with E-state index in [9.17, 15) is 9.59 Å². The van der Waals surface area contributed by atoms with Crippen LogP contribution in [0, 0.1) is 11.8 Å². The zero-order chi connectivity index (χ0) is 22.6. The molecule has 0 radical (unpaired) electrons. The van der Waals surface area contributed by atoms with Gasteiger partial charge in [-0.1, -0.05) is 32.8 Å². The Morgan fingerprint density at radius 2 is 1.48 bits per heavy atom. The molecule has 0 fully saturated rings. The summed E-state index contributed by atoms with van der Waals surface area (Å²) in [5, 5.41) is 3.00. The van der Waals surface area contributed by atoms with E-state index in [1.807, 2.05) is 25.3 Å². The maximum atomic E-state index is 12.3. The van der Waals surface area contributed by atoms with Gasteiger partial charge in [-0.2, -0.15) is 0 Å². The minimum Gasteiger partial charge on any atom is -0.462 e. The standard InChI is InChI=1S/C26H33NO4/c1-5-6-19(2)7-8-20(3)17-18-30-25(28)21-9-11-22(12-10-21)26(29)31-24-15-13-23(27-4)14-16-24/h5,9-16,19-20,27H,1,6-8,17-18H2,2-4H3. The number of hydrogen-bond donors (Lipinski definition) is 1. The number of nitrogens with one attached hydrogen (secondary N) is 1. The van der Waals surface area contributed by atoms with Crippen LogP contribution in [0.25, 0.3) is 0 Å². The van der Waals surface area contributed by atoms with Gasteiger partial charge in [0.05, 0.1) is 17.7 Å². The first-order valence-corrected chi connectivity index (χ1v) is 10.8. The third-order valence-electron chi connectivity index (χ3n) is 5.27. The highest BCUT2D eigenvalue weighted by Gasteiger charge is 2.13. The number of hydrogen-bond acceptors (Lipinski definition) is 5. The van der Waals surface area contributed by atoms with Gasteiger partial charge in [0.1, 0.15) is 5.75 Å². The zero-order valence-corrected chi connectivity index (χ0v) is 18.7. The Kier molecular flexibility index (Phi) is 9.82. The Hall–Kier alpha value is -3.08. The van der Waals surface area contributed by atoms with Crippen LogP contribution in [0.15, 0.2) is 61.2 Å². The number of rotatable bonds is 12. The van der Waals surface area contributed by atoms with Crippen molar-refractivity contribution in [3.8, 4) is 5.75 Å². The minimum atomic E-state index is -0.475. The van der Waals surface area contributed by atoms with Crippen LogP contribution in [-0.4, -0.2) is 25.6 Å². The van der Waals surface area contributed by atoms with E-state index < -0.39 is 5.97 Å². The van der Waals surface area contributed by atoms with Crippen LogP contribution in [-0.2, 0) is 4.74 Å².